The van der Waals surface area contributed by atoms with Crippen molar-refractivity contribution in [3.63, 3.8) is 0 Å². The van der Waals surface area contributed by atoms with Gasteiger partial charge in [-0.1, -0.05) is 32.8 Å². The SMILES string of the molecule is CC1CC(C)CN(c2cc(N3CCCCCC3)nc(NC(=S)NCc3ccc4c(c3)OCO4)n2)C1. The summed E-state index contributed by atoms with van der Waals surface area (Å²) in [7, 11) is 0. The number of nitrogens with one attached hydrogen (secondary N) is 2. The van der Waals surface area contributed by atoms with Crippen LogP contribution >= 0.6 is 12.2 Å². The van der Waals surface area contributed by atoms with Crippen LogP contribution in [0.25, 0.3) is 0 Å². The summed E-state index contributed by atoms with van der Waals surface area (Å²) in [6, 6.07) is 8.09. The summed E-state index contributed by atoms with van der Waals surface area (Å²) in [5.41, 5.74) is 1.06. The Morgan fingerprint density at radius 2 is 1.63 bits per heavy atom. The lowest BCUT2D eigenvalue weighted by Crippen LogP contribution is -2.39. The predicted molar refractivity (Wildman–Crippen MR) is 143 cm³/mol. The van der Waals surface area contributed by atoms with Gasteiger partial charge in [-0.05, 0) is 61.0 Å². The first-order valence-electron chi connectivity index (χ1n) is 12.9. The van der Waals surface area contributed by atoms with E-state index in [0.717, 1.165) is 54.9 Å². The van der Waals surface area contributed by atoms with E-state index in [9.17, 15) is 0 Å². The molecule has 2 atom stereocenters. The molecule has 0 saturated carbocycles. The van der Waals surface area contributed by atoms with Crippen LogP contribution in [0, 0.1) is 11.8 Å². The first-order chi connectivity index (χ1) is 17.0. The molecule has 8 nitrogen and oxygen atoms in total. The minimum absolute atomic E-state index is 0.272. The third-order valence-corrected chi connectivity index (χ3v) is 7.18. The van der Waals surface area contributed by atoms with Gasteiger partial charge in [-0.25, -0.2) is 0 Å². The van der Waals surface area contributed by atoms with Gasteiger partial charge in [0.05, 0.1) is 0 Å². The lowest BCUT2D eigenvalue weighted by molar-refractivity contribution is 0.174. The molecule has 35 heavy (non-hydrogen) atoms. The van der Waals surface area contributed by atoms with Crippen molar-refractivity contribution in [2.24, 2.45) is 11.8 Å². The molecule has 0 spiro atoms. The van der Waals surface area contributed by atoms with E-state index < -0.39 is 0 Å². The van der Waals surface area contributed by atoms with Gasteiger partial charge in [0.25, 0.3) is 0 Å². The van der Waals surface area contributed by atoms with Crippen LogP contribution in [0.1, 0.15) is 51.5 Å². The third kappa shape index (κ3) is 6.07. The van der Waals surface area contributed by atoms with Gasteiger partial charge >= 0.3 is 0 Å². The van der Waals surface area contributed by atoms with Gasteiger partial charge in [-0.2, -0.15) is 9.97 Å². The van der Waals surface area contributed by atoms with Gasteiger partial charge in [0.15, 0.2) is 16.6 Å². The smallest absolute Gasteiger partial charge is 0.232 e. The number of nitrogens with zero attached hydrogens (tertiary/aromatic N) is 4. The van der Waals surface area contributed by atoms with Crippen LogP contribution < -0.4 is 29.9 Å². The molecule has 0 aliphatic carbocycles. The molecule has 0 bridgehead atoms. The monoisotopic (exact) mass is 496 g/mol. The highest BCUT2D eigenvalue weighted by Crippen LogP contribution is 2.32. The molecule has 2 saturated heterocycles. The summed E-state index contributed by atoms with van der Waals surface area (Å²) < 4.78 is 10.9. The molecule has 9 heteroatoms. The second-order valence-electron chi connectivity index (χ2n) is 10.2. The molecule has 2 aromatic rings. The lowest BCUT2D eigenvalue weighted by atomic mass is 9.92. The van der Waals surface area contributed by atoms with Crippen molar-refractivity contribution in [2.75, 3.05) is 48.1 Å². The van der Waals surface area contributed by atoms with Crippen LogP contribution in [-0.2, 0) is 6.54 Å². The number of fused-ring (bicyclic) bond motifs is 1. The molecule has 1 aromatic carbocycles. The minimum Gasteiger partial charge on any atom is -0.454 e. The summed E-state index contributed by atoms with van der Waals surface area (Å²) in [4.78, 5) is 14.6. The Bertz CT molecular complexity index is 1030. The molecule has 3 aliphatic heterocycles. The fraction of sp³-hybridized carbons (Fsp3) is 0.577. The number of thiocarbonyl (C=S) groups is 1. The molecule has 2 N–H and O–H groups in total. The highest BCUT2D eigenvalue weighted by Gasteiger charge is 2.25. The molecule has 5 rings (SSSR count). The Morgan fingerprint density at radius 3 is 2.37 bits per heavy atom. The average Bonchev–Trinajstić information content (AvgIpc) is 3.13. The van der Waals surface area contributed by atoms with Crippen LogP contribution in [0.2, 0.25) is 0 Å². The molecule has 2 unspecified atom stereocenters. The first-order valence-corrected chi connectivity index (χ1v) is 13.3. The van der Waals surface area contributed by atoms with Crippen LogP contribution in [0.15, 0.2) is 24.3 Å². The van der Waals surface area contributed by atoms with Crippen molar-refractivity contribution >= 4 is 34.9 Å². The number of piperidine rings is 1. The minimum atomic E-state index is 0.272. The maximum atomic E-state index is 5.61. The first kappa shape index (κ1) is 23.9. The molecule has 188 valence electrons. The summed E-state index contributed by atoms with van der Waals surface area (Å²) in [6.07, 6.45) is 6.24. The average molecular weight is 497 g/mol. The lowest BCUT2D eigenvalue weighted by Gasteiger charge is -2.36. The zero-order chi connectivity index (χ0) is 24.2. The Morgan fingerprint density at radius 1 is 0.943 bits per heavy atom. The van der Waals surface area contributed by atoms with Gasteiger partial charge < -0.3 is 29.9 Å². The molecule has 4 heterocycles. The van der Waals surface area contributed by atoms with E-state index in [1.807, 2.05) is 18.2 Å². The predicted octanol–water partition coefficient (Wildman–Crippen LogP) is 4.55. The van der Waals surface area contributed by atoms with Gasteiger partial charge in [0, 0.05) is 38.8 Å². The van der Waals surface area contributed by atoms with Crippen molar-refractivity contribution in [1.82, 2.24) is 15.3 Å². The number of ether oxygens (including phenoxy) is 2. The van der Waals surface area contributed by atoms with E-state index in [4.69, 9.17) is 31.7 Å². The van der Waals surface area contributed by atoms with Crippen molar-refractivity contribution in [2.45, 2.75) is 52.5 Å². The van der Waals surface area contributed by atoms with E-state index in [1.165, 1.54) is 32.1 Å². The molecule has 0 radical (unpaired) electrons. The maximum Gasteiger partial charge on any atom is 0.232 e. The van der Waals surface area contributed by atoms with Crippen molar-refractivity contribution in [3.05, 3.63) is 29.8 Å². The fourth-order valence-corrected chi connectivity index (χ4v) is 5.49. The number of hydrogen-bond donors (Lipinski definition) is 2. The maximum absolute atomic E-state index is 5.61. The van der Waals surface area contributed by atoms with Crippen LogP contribution in [0.3, 0.4) is 0 Å². The van der Waals surface area contributed by atoms with Crippen LogP contribution in [-0.4, -0.2) is 48.1 Å². The molecular weight excluding hydrogens is 460 g/mol. The Hall–Kier alpha value is -2.81. The standard InChI is InChI=1S/C26H36N6O2S/c1-18-11-19(2)16-32(15-18)24-13-23(31-9-5-3-4-6-10-31)28-25(29-24)30-26(35)27-14-20-7-8-21-22(12-20)34-17-33-21/h7-8,12-13,18-19H,3-6,9-11,14-17H2,1-2H3,(H2,27,28,29,30,35). The zero-order valence-electron chi connectivity index (χ0n) is 20.8. The third-order valence-electron chi connectivity index (χ3n) is 6.94. The number of anilines is 3. The second kappa shape index (κ2) is 10.8. The quantitative estimate of drug-likeness (QED) is 0.580. The zero-order valence-corrected chi connectivity index (χ0v) is 21.6. The van der Waals surface area contributed by atoms with Crippen molar-refractivity contribution in [1.29, 1.82) is 0 Å². The topological polar surface area (TPSA) is 74.8 Å². The van der Waals surface area contributed by atoms with Crippen molar-refractivity contribution in [3.8, 4) is 11.5 Å². The molecule has 2 fully saturated rings. The fourth-order valence-electron chi connectivity index (χ4n) is 5.33. The van der Waals surface area contributed by atoms with Crippen LogP contribution in [0.5, 0.6) is 11.5 Å². The molecular formula is C26H36N6O2S. The van der Waals surface area contributed by atoms with E-state index in [0.29, 0.717) is 29.4 Å². The number of hydrogen-bond acceptors (Lipinski definition) is 7. The van der Waals surface area contributed by atoms with Gasteiger partial charge in [-0.3, -0.25) is 0 Å². The Labute approximate surface area is 213 Å². The van der Waals surface area contributed by atoms with E-state index in [2.05, 4.69) is 40.3 Å². The number of benzene rings is 1. The highest BCUT2D eigenvalue weighted by molar-refractivity contribution is 7.80. The Balaban J connectivity index is 1.31. The second-order valence-corrected chi connectivity index (χ2v) is 10.6. The highest BCUT2D eigenvalue weighted by atomic mass is 32.1. The molecule has 0 amide bonds. The van der Waals surface area contributed by atoms with E-state index in [-0.39, 0.29) is 6.79 Å². The van der Waals surface area contributed by atoms with Crippen molar-refractivity contribution < 1.29 is 9.47 Å². The van der Waals surface area contributed by atoms with Gasteiger partial charge in [0.1, 0.15) is 11.6 Å². The molecule has 3 aliphatic rings. The summed E-state index contributed by atoms with van der Waals surface area (Å²) in [6.45, 7) is 9.61. The normalized spacial score (nSPS) is 22.0. The number of rotatable bonds is 5. The summed E-state index contributed by atoms with van der Waals surface area (Å²) >= 11 is 5.61. The largest absolute Gasteiger partial charge is 0.454 e. The van der Waals surface area contributed by atoms with Crippen LogP contribution in [0.4, 0.5) is 17.6 Å². The summed E-state index contributed by atoms with van der Waals surface area (Å²) in [5.74, 6) is 5.37. The Kier molecular flexibility index (Phi) is 7.41. The van der Waals surface area contributed by atoms with Gasteiger partial charge in [0.2, 0.25) is 12.7 Å². The molecule has 1 aromatic heterocycles. The van der Waals surface area contributed by atoms with E-state index >= 15 is 0 Å². The summed E-state index contributed by atoms with van der Waals surface area (Å²) in [5, 5.41) is 7.03. The van der Waals surface area contributed by atoms with Gasteiger partial charge in [-0.15, -0.1) is 0 Å². The van der Waals surface area contributed by atoms with E-state index in [1.54, 1.807) is 0 Å². The number of aromatic nitrogens is 2.